The van der Waals surface area contributed by atoms with E-state index >= 15 is 0 Å². The summed E-state index contributed by atoms with van der Waals surface area (Å²) in [4.78, 5) is 8.44. The molecule has 116 valence electrons. The monoisotopic (exact) mass is 306 g/mol. The summed E-state index contributed by atoms with van der Waals surface area (Å²) in [5.74, 6) is 1.15. The molecule has 23 heavy (non-hydrogen) atoms. The lowest BCUT2D eigenvalue weighted by atomic mass is 10.1. The summed E-state index contributed by atoms with van der Waals surface area (Å²) in [6.45, 7) is 2.75. The van der Waals surface area contributed by atoms with Crippen LogP contribution < -0.4 is 10.6 Å². The number of aryl methyl sites for hydroxylation is 1. The second kappa shape index (κ2) is 7.31. The van der Waals surface area contributed by atoms with Crippen molar-refractivity contribution in [3.8, 4) is 0 Å². The first-order chi connectivity index (χ1) is 11.3. The van der Waals surface area contributed by atoms with Gasteiger partial charge in [-0.1, -0.05) is 25.1 Å². The van der Waals surface area contributed by atoms with Gasteiger partial charge in [0.15, 0.2) is 5.82 Å². The SMILES string of the molecule is CCc1ccccc1Nc1cnnc(NCc2ccncc2)n1. The van der Waals surface area contributed by atoms with Crippen molar-refractivity contribution < 1.29 is 0 Å². The van der Waals surface area contributed by atoms with E-state index < -0.39 is 0 Å². The summed E-state index contributed by atoms with van der Waals surface area (Å²) >= 11 is 0. The van der Waals surface area contributed by atoms with Crippen molar-refractivity contribution in [2.75, 3.05) is 10.6 Å². The van der Waals surface area contributed by atoms with Gasteiger partial charge in [0.1, 0.15) is 0 Å². The van der Waals surface area contributed by atoms with Crippen LogP contribution >= 0.6 is 0 Å². The van der Waals surface area contributed by atoms with Gasteiger partial charge in [-0.2, -0.15) is 10.1 Å². The first-order valence-corrected chi connectivity index (χ1v) is 7.52. The summed E-state index contributed by atoms with van der Waals surface area (Å²) < 4.78 is 0. The van der Waals surface area contributed by atoms with Gasteiger partial charge < -0.3 is 10.6 Å². The molecule has 0 aliphatic carbocycles. The minimum atomic E-state index is 0.487. The molecule has 2 aromatic heterocycles. The lowest BCUT2D eigenvalue weighted by Crippen LogP contribution is -2.06. The Bertz CT molecular complexity index is 760. The van der Waals surface area contributed by atoms with Crippen LogP contribution in [-0.2, 0) is 13.0 Å². The summed E-state index contributed by atoms with van der Waals surface area (Å²) in [6.07, 6.45) is 6.09. The maximum Gasteiger partial charge on any atom is 0.244 e. The standard InChI is InChI=1S/C17H18N6/c1-2-14-5-3-4-6-15(14)21-16-12-20-23-17(22-16)19-11-13-7-9-18-10-8-13/h3-10,12H,2,11H2,1H3,(H2,19,21,22,23). The van der Waals surface area contributed by atoms with Crippen molar-refractivity contribution in [1.29, 1.82) is 0 Å². The highest BCUT2D eigenvalue weighted by Crippen LogP contribution is 2.19. The van der Waals surface area contributed by atoms with E-state index in [1.165, 1.54) is 5.56 Å². The summed E-state index contributed by atoms with van der Waals surface area (Å²) in [6, 6.07) is 12.0. The molecule has 0 aliphatic rings. The predicted octanol–water partition coefficient (Wildman–Crippen LogP) is 3.18. The molecular weight excluding hydrogens is 288 g/mol. The molecule has 0 atom stereocenters. The van der Waals surface area contributed by atoms with E-state index in [0.29, 0.717) is 18.3 Å². The summed E-state index contributed by atoms with van der Waals surface area (Å²) in [7, 11) is 0. The number of hydrogen-bond donors (Lipinski definition) is 2. The molecule has 0 radical (unpaired) electrons. The molecule has 0 bridgehead atoms. The number of rotatable bonds is 6. The second-order valence-corrected chi connectivity index (χ2v) is 5.01. The van der Waals surface area contributed by atoms with E-state index in [9.17, 15) is 0 Å². The quantitative estimate of drug-likeness (QED) is 0.728. The van der Waals surface area contributed by atoms with Crippen molar-refractivity contribution in [2.45, 2.75) is 19.9 Å². The molecule has 0 saturated heterocycles. The molecule has 3 rings (SSSR count). The Kier molecular flexibility index (Phi) is 4.73. The van der Waals surface area contributed by atoms with Crippen molar-refractivity contribution in [3.63, 3.8) is 0 Å². The fourth-order valence-electron chi connectivity index (χ4n) is 2.21. The van der Waals surface area contributed by atoms with Gasteiger partial charge in [0.25, 0.3) is 0 Å². The zero-order valence-electron chi connectivity index (χ0n) is 12.9. The molecule has 0 amide bonds. The van der Waals surface area contributed by atoms with Gasteiger partial charge in [0.2, 0.25) is 5.95 Å². The number of benzene rings is 1. The molecule has 2 N–H and O–H groups in total. The second-order valence-electron chi connectivity index (χ2n) is 5.01. The largest absolute Gasteiger partial charge is 0.349 e. The molecule has 0 saturated carbocycles. The molecular formula is C17H18N6. The van der Waals surface area contributed by atoms with Gasteiger partial charge >= 0.3 is 0 Å². The minimum absolute atomic E-state index is 0.487. The van der Waals surface area contributed by atoms with Gasteiger partial charge in [-0.3, -0.25) is 4.98 Å². The maximum atomic E-state index is 4.45. The van der Waals surface area contributed by atoms with Gasteiger partial charge in [-0.25, -0.2) is 0 Å². The summed E-state index contributed by atoms with van der Waals surface area (Å²) in [5.41, 5.74) is 3.38. The third kappa shape index (κ3) is 4.00. The molecule has 0 fully saturated rings. The number of para-hydroxylation sites is 1. The maximum absolute atomic E-state index is 4.45. The Morgan fingerprint density at radius 2 is 1.87 bits per heavy atom. The Morgan fingerprint density at radius 3 is 2.70 bits per heavy atom. The fraction of sp³-hybridized carbons (Fsp3) is 0.176. The molecule has 1 aromatic carbocycles. The van der Waals surface area contributed by atoms with Crippen LogP contribution in [0.3, 0.4) is 0 Å². The van der Waals surface area contributed by atoms with E-state index in [0.717, 1.165) is 17.7 Å². The van der Waals surface area contributed by atoms with Gasteiger partial charge in [0.05, 0.1) is 6.20 Å². The summed E-state index contributed by atoms with van der Waals surface area (Å²) in [5, 5.41) is 14.5. The topological polar surface area (TPSA) is 75.6 Å². The van der Waals surface area contributed by atoms with Crippen LogP contribution in [0.1, 0.15) is 18.1 Å². The van der Waals surface area contributed by atoms with E-state index in [4.69, 9.17) is 0 Å². The lowest BCUT2D eigenvalue weighted by Gasteiger charge is -2.10. The number of hydrogen-bond acceptors (Lipinski definition) is 6. The first kappa shape index (κ1) is 14.9. The van der Waals surface area contributed by atoms with Crippen LogP contribution in [0, 0.1) is 0 Å². The van der Waals surface area contributed by atoms with Crippen molar-refractivity contribution in [1.82, 2.24) is 20.2 Å². The molecule has 6 heteroatoms. The van der Waals surface area contributed by atoms with E-state index in [-0.39, 0.29) is 0 Å². The van der Waals surface area contributed by atoms with Crippen LogP contribution in [0.25, 0.3) is 0 Å². The molecule has 0 spiro atoms. The van der Waals surface area contributed by atoms with Crippen LogP contribution in [0.5, 0.6) is 0 Å². The molecule has 2 heterocycles. The third-order valence-electron chi connectivity index (χ3n) is 3.42. The molecule has 0 unspecified atom stereocenters. The van der Waals surface area contributed by atoms with Crippen LogP contribution in [0.4, 0.5) is 17.5 Å². The van der Waals surface area contributed by atoms with Crippen molar-refractivity contribution in [2.24, 2.45) is 0 Å². The molecule has 6 nitrogen and oxygen atoms in total. The number of pyridine rings is 1. The number of aromatic nitrogens is 4. The van der Waals surface area contributed by atoms with E-state index in [2.05, 4.69) is 43.8 Å². The number of anilines is 3. The first-order valence-electron chi connectivity index (χ1n) is 7.52. The normalized spacial score (nSPS) is 10.3. The Labute approximate surface area is 135 Å². The highest BCUT2D eigenvalue weighted by atomic mass is 15.3. The van der Waals surface area contributed by atoms with E-state index in [1.54, 1.807) is 18.6 Å². The van der Waals surface area contributed by atoms with Crippen molar-refractivity contribution in [3.05, 3.63) is 66.1 Å². The molecule has 0 aliphatic heterocycles. The van der Waals surface area contributed by atoms with Crippen molar-refractivity contribution >= 4 is 17.5 Å². The Hall–Kier alpha value is -3.02. The van der Waals surface area contributed by atoms with Crippen LogP contribution in [0.15, 0.2) is 55.0 Å². The minimum Gasteiger partial charge on any atom is -0.349 e. The number of nitrogens with zero attached hydrogens (tertiary/aromatic N) is 4. The average molecular weight is 306 g/mol. The third-order valence-corrected chi connectivity index (χ3v) is 3.42. The highest BCUT2D eigenvalue weighted by molar-refractivity contribution is 5.60. The van der Waals surface area contributed by atoms with Gasteiger partial charge in [0, 0.05) is 24.6 Å². The Balaban J connectivity index is 1.70. The number of nitrogens with one attached hydrogen (secondary N) is 2. The smallest absolute Gasteiger partial charge is 0.244 e. The van der Waals surface area contributed by atoms with E-state index in [1.807, 2.05) is 30.3 Å². The average Bonchev–Trinajstić information content (AvgIpc) is 2.62. The highest BCUT2D eigenvalue weighted by Gasteiger charge is 2.04. The van der Waals surface area contributed by atoms with Gasteiger partial charge in [-0.05, 0) is 35.7 Å². The van der Waals surface area contributed by atoms with Crippen LogP contribution in [-0.4, -0.2) is 20.2 Å². The fourth-order valence-corrected chi connectivity index (χ4v) is 2.21. The zero-order valence-corrected chi connectivity index (χ0v) is 12.9. The lowest BCUT2D eigenvalue weighted by molar-refractivity contribution is 0.947. The van der Waals surface area contributed by atoms with Gasteiger partial charge in [-0.15, -0.1) is 5.10 Å². The van der Waals surface area contributed by atoms with Crippen LogP contribution in [0.2, 0.25) is 0 Å². The predicted molar refractivity (Wildman–Crippen MR) is 90.5 cm³/mol. The Morgan fingerprint density at radius 1 is 1.04 bits per heavy atom. The zero-order chi connectivity index (χ0) is 15.9. The molecule has 3 aromatic rings.